The summed E-state index contributed by atoms with van der Waals surface area (Å²) >= 11 is 5.77. The van der Waals surface area contributed by atoms with Gasteiger partial charge in [-0.05, 0) is 42.5 Å². The predicted octanol–water partition coefficient (Wildman–Crippen LogP) is 4.15. The van der Waals surface area contributed by atoms with Crippen LogP contribution in [0.25, 0.3) is 0 Å². The number of ether oxygens (including phenoxy) is 1. The van der Waals surface area contributed by atoms with Crippen LogP contribution in [0.5, 0.6) is 11.6 Å². The molecule has 0 atom stereocenters. The monoisotopic (exact) mass is 448 g/mol. The summed E-state index contributed by atoms with van der Waals surface area (Å²) in [5, 5.41) is 3.08. The van der Waals surface area contributed by atoms with E-state index in [0.29, 0.717) is 10.6 Å². The average molecular weight is 449 g/mol. The average Bonchev–Trinajstić information content (AvgIpc) is 2.72. The van der Waals surface area contributed by atoms with Crippen LogP contribution in [0.2, 0.25) is 5.02 Å². The van der Waals surface area contributed by atoms with Crippen molar-refractivity contribution in [3.8, 4) is 11.6 Å². The van der Waals surface area contributed by atoms with Crippen molar-refractivity contribution < 1.29 is 22.3 Å². The minimum absolute atomic E-state index is 0.0817. The molecule has 30 heavy (non-hydrogen) atoms. The van der Waals surface area contributed by atoms with Crippen LogP contribution < -0.4 is 10.1 Å². The fourth-order valence-corrected chi connectivity index (χ4v) is 3.93. The number of pyridine rings is 1. The minimum atomic E-state index is -3.60. The number of hydrogen-bond acceptors (Lipinski definition) is 5. The van der Waals surface area contributed by atoms with Gasteiger partial charge in [0.05, 0.1) is 10.6 Å². The van der Waals surface area contributed by atoms with E-state index >= 15 is 0 Å². The molecule has 0 aliphatic carbocycles. The van der Waals surface area contributed by atoms with Crippen LogP contribution in [0.15, 0.2) is 71.8 Å². The summed E-state index contributed by atoms with van der Waals surface area (Å²) in [4.78, 5) is 16.4. The Labute approximate surface area is 178 Å². The van der Waals surface area contributed by atoms with Gasteiger partial charge in [-0.1, -0.05) is 23.7 Å². The van der Waals surface area contributed by atoms with Crippen LogP contribution in [0.4, 0.5) is 4.39 Å². The van der Waals surface area contributed by atoms with Crippen molar-refractivity contribution >= 4 is 27.3 Å². The molecule has 0 aliphatic heterocycles. The molecule has 0 unspecified atom stereocenters. The van der Waals surface area contributed by atoms with Gasteiger partial charge >= 0.3 is 0 Å². The van der Waals surface area contributed by atoms with Crippen LogP contribution >= 0.6 is 11.6 Å². The number of carbonyl (C=O) groups excluding carboxylic acids is 1. The number of halogens is 2. The van der Waals surface area contributed by atoms with Gasteiger partial charge < -0.3 is 10.1 Å². The van der Waals surface area contributed by atoms with E-state index in [-0.39, 0.29) is 35.2 Å². The Morgan fingerprint density at radius 1 is 1.10 bits per heavy atom. The first-order chi connectivity index (χ1) is 14.3. The highest BCUT2D eigenvalue weighted by molar-refractivity contribution is 7.91. The maximum absolute atomic E-state index is 13.3. The van der Waals surface area contributed by atoms with Crippen LogP contribution in [-0.2, 0) is 21.2 Å². The smallest absolute Gasteiger partial charge is 0.224 e. The molecule has 1 heterocycles. The van der Waals surface area contributed by atoms with Crippen molar-refractivity contribution in [2.75, 3.05) is 5.75 Å². The van der Waals surface area contributed by atoms with Gasteiger partial charge in [0.25, 0.3) is 0 Å². The lowest BCUT2D eigenvalue weighted by Crippen LogP contribution is -2.25. The van der Waals surface area contributed by atoms with Gasteiger partial charge in [-0.25, -0.2) is 17.8 Å². The number of carbonyl (C=O) groups is 1. The second-order valence-electron chi connectivity index (χ2n) is 6.33. The van der Waals surface area contributed by atoms with E-state index in [9.17, 15) is 17.6 Å². The highest BCUT2D eigenvalue weighted by Crippen LogP contribution is 2.23. The van der Waals surface area contributed by atoms with Crippen molar-refractivity contribution in [3.05, 3.63) is 83.3 Å². The molecule has 2 aromatic carbocycles. The first kappa shape index (κ1) is 21.7. The first-order valence-electron chi connectivity index (χ1n) is 8.96. The highest BCUT2D eigenvalue weighted by atomic mass is 35.5. The largest absolute Gasteiger partial charge is 0.439 e. The van der Waals surface area contributed by atoms with Gasteiger partial charge in [-0.15, -0.1) is 0 Å². The van der Waals surface area contributed by atoms with Crippen molar-refractivity contribution in [2.45, 2.75) is 17.9 Å². The van der Waals surface area contributed by atoms with Gasteiger partial charge in [0.2, 0.25) is 11.8 Å². The van der Waals surface area contributed by atoms with Crippen LogP contribution in [0, 0.1) is 5.82 Å². The summed E-state index contributed by atoms with van der Waals surface area (Å²) in [6.45, 7) is 0.0817. The Morgan fingerprint density at radius 2 is 1.87 bits per heavy atom. The van der Waals surface area contributed by atoms with Crippen molar-refractivity contribution in [1.29, 1.82) is 0 Å². The summed E-state index contributed by atoms with van der Waals surface area (Å²) in [6.07, 6.45) is 1.31. The predicted molar refractivity (Wildman–Crippen MR) is 111 cm³/mol. The van der Waals surface area contributed by atoms with Crippen molar-refractivity contribution in [2.24, 2.45) is 0 Å². The molecule has 0 saturated carbocycles. The molecule has 0 spiro atoms. The van der Waals surface area contributed by atoms with Crippen molar-refractivity contribution in [1.82, 2.24) is 10.3 Å². The lowest BCUT2D eigenvalue weighted by Gasteiger charge is -2.11. The minimum Gasteiger partial charge on any atom is -0.439 e. The molecule has 0 fully saturated rings. The summed E-state index contributed by atoms with van der Waals surface area (Å²) in [5.41, 5.74) is 0.565. The molecule has 156 valence electrons. The topological polar surface area (TPSA) is 85.4 Å². The zero-order valence-electron chi connectivity index (χ0n) is 15.7. The van der Waals surface area contributed by atoms with E-state index in [1.54, 1.807) is 18.2 Å². The molecule has 0 aliphatic rings. The van der Waals surface area contributed by atoms with Crippen LogP contribution in [-0.4, -0.2) is 25.1 Å². The lowest BCUT2D eigenvalue weighted by atomic mass is 10.2. The molecule has 0 radical (unpaired) electrons. The molecule has 9 heteroatoms. The van der Waals surface area contributed by atoms with Gasteiger partial charge in [-0.2, -0.15) is 0 Å². The third-order valence-corrected chi connectivity index (χ3v) is 6.09. The van der Waals surface area contributed by atoms with E-state index in [1.807, 2.05) is 0 Å². The Balaban J connectivity index is 1.58. The second-order valence-corrected chi connectivity index (χ2v) is 8.87. The summed E-state index contributed by atoms with van der Waals surface area (Å²) in [6, 6.07) is 14.8. The molecule has 3 rings (SSSR count). The van der Waals surface area contributed by atoms with E-state index in [2.05, 4.69) is 10.3 Å². The Kier molecular flexibility index (Phi) is 7.02. The van der Waals surface area contributed by atoms with Gasteiger partial charge in [-0.3, -0.25) is 4.79 Å². The number of amides is 1. The third-order valence-electron chi connectivity index (χ3n) is 4.11. The number of nitrogens with zero attached hydrogens (tertiary/aromatic N) is 1. The normalized spacial score (nSPS) is 11.1. The van der Waals surface area contributed by atoms with E-state index in [4.69, 9.17) is 16.3 Å². The molecule has 0 saturated heterocycles. The second kappa shape index (κ2) is 9.69. The van der Waals surface area contributed by atoms with E-state index in [1.165, 1.54) is 48.7 Å². The molecule has 1 N–H and O–H groups in total. The number of aromatic nitrogens is 1. The summed E-state index contributed by atoms with van der Waals surface area (Å²) in [5.74, 6) is -0.721. The number of rotatable bonds is 8. The van der Waals surface area contributed by atoms with Crippen molar-refractivity contribution in [3.63, 3.8) is 0 Å². The van der Waals surface area contributed by atoms with Crippen LogP contribution in [0.3, 0.4) is 0 Å². The maximum Gasteiger partial charge on any atom is 0.224 e. The number of sulfone groups is 1. The standard InChI is InChI=1S/C21H18ClFN2O4S/c22-16-6-8-19(9-7-16)30(27,28)12-10-20(26)25-14-15-3-2-11-24-21(15)29-18-5-1-4-17(23)13-18/h1-9,11,13H,10,12,14H2,(H,25,26). The molecule has 6 nitrogen and oxygen atoms in total. The fraction of sp³-hybridized carbons (Fsp3) is 0.143. The SMILES string of the molecule is O=C(CCS(=O)(=O)c1ccc(Cl)cc1)NCc1cccnc1Oc1cccc(F)c1. The fourth-order valence-electron chi connectivity index (χ4n) is 2.56. The van der Waals surface area contributed by atoms with Gasteiger partial charge in [0.15, 0.2) is 9.84 Å². The molecule has 1 aromatic heterocycles. The summed E-state index contributed by atoms with van der Waals surface area (Å²) in [7, 11) is -3.60. The van der Waals surface area contributed by atoms with Gasteiger partial charge in [0, 0.05) is 35.8 Å². The molecule has 0 bridgehead atoms. The summed E-state index contributed by atoms with van der Waals surface area (Å²) < 4.78 is 43.6. The number of benzene rings is 2. The quantitative estimate of drug-likeness (QED) is 0.559. The van der Waals surface area contributed by atoms with E-state index in [0.717, 1.165) is 0 Å². The third kappa shape index (κ3) is 6.01. The lowest BCUT2D eigenvalue weighted by molar-refractivity contribution is -0.120. The molecular weight excluding hydrogens is 431 g/mol. The first-order valence-corrected chi connectivity index (χ1v) is 11.0. The molecule has 1 amide bonds. The zero-order chi connectivity index (χ0) is 21.6. The number of hydrogen-bond donors (Lipinski definition) is 1. The van der Waals surface area contributed by atoms with E-state index < -0.39 is 21.6 Å². The Hall–Kier alpha value is -2.97. The van der Waals surface area contributed by atoms with Crippen LogP contribution in [0.1, 0.15) is 12.0 Å². The molecular formula is C21H18ClFN2O4S. The Morgan fingerprint density at radius 3 is 2.60 bits per heavy atom. The zero-order valence-corrected chi connectivity index (χ0v) is 17.3. The number of nitrogens with one attached hydrogen (secondary N) is 1. The maximum atomic E-state index is 13.3. The molecule has 3 aromatic rings. The highest BCUT2D eigenvalue weighted by Gasteiger charge is 2.17. The Bertz CT molecular complexity index is 1140. The van der Waals surface area contributed by atoms with Gasteiger partial charge in [0.1, 0.15) is 11.6 Å².